The summed E-state index contributed by atoms with van der Waals surface area (Å²) in [6.07, 6.45) is 0.758. The van der Waals surface area contributed by atoms with Crippen LogP contribution in [0.2, 0.25) is 0 Å². The van der Waals surface area contributed by atoms with E-state index in [-0.39, 0.29) is 0 Å². The predicted molar refractivity (Wildman–Crippen MR) is 124 cm³/mol. The molecule has 1 aliphatic rings. The minimum Gasteiger partial charge on any atom is -0.301 e. The van der Waals surface area contributed by atoms with E-state index in [1.54, 1.807) is 0 Å². The van der Waals surface area contributed by atoms with E-state index in [4.69, 9.17) is 17.3 Å². The van der Waals surface area contributed by atoms with E-state index in [1.807, 2.05) is 16.8 Å². The molecule has 1 aromatic heterocycles. The molecule has 0 amide bonds. The molecule has 3 aromatic rings. The van der Waals surface area contributed by atoms with Gasteiger partial charge < -0.3 is 4.90 Å². The summed E-state index contributed by atoms with van der Waals surface area (Å²) < 4.78 is 4.88. The van der Waals surface area contributed by atoms with Gasteiger partial charge in [0.1, 0.15) is 5.82 Å². The molecule has 0 N–H and O–H groups in total. The lowest BCUT2D eigenvalue weighted by Gasteiger charge is -2.35. The van der Waals surface area contributed by atoms with E-state index in [9.17, 15) is 0 Å². The lowest BCUT2D eigenvalue weighted by Crippen LogP contribution is -2.47. The van der Waals surface area contributed by atoms with Crippen LogP contribution >= 0.6 is 12.2 Å². The highest BCUT2D eigenvalue weighted by atomic mass is 32.1. The Bertz CT molecular complexity index is 985. The molecule has 4 rings (SSSR count). The average Bonchev–Trinajstić information content (AvgIpc) is 3.05. The van der Waals surface area contributed by atoms with Crippen molar-refractivity contribution in [3.63, 3.8) is 0 Å². The fourth-order valence-electron chi connectivity index (χ4n) is 4.09. The maximum atomic E-state index is 5.89. The summed E-state index contributed by atoms with van der Waals surface area (Å²) in [5, 5.41) is 4.96. The first-order chi connectivity index (χ1) is 14.6. The summed E-state index contributed by atoms with van der Waals surface area (Å²) >= 11 is 5.89. The first-order valence-electron chi connectivity index (χ1n) is 10.8. The van der Waals surface area contributed by atoms with Gasteiger partial charge in [0, 0.05) is 44.8 Å². The lowest BCUT2D eigenvalue weighted by molar-refractivity contribution is 0.0949. The Morgan fingerprint density at radius 2 is 1.47 bits per heavy atom. The standard InChI is InChI=1S/C24H31N5S/c1-20(2)18-26-13-15-27(16-14-26)19-28-24(30)29(22-11-7-4-8-12-22)23(25-28)17-21-9-5-3-6-10-21/h3-12,20H,13-19H2,1-2H3. The Hall–Kier alpha value is -2.28. The highest BCUT2D eigenvalue weighted by molar-refractivity contribution is 7.71. The van der Waals surface area contributed by atoms with Crippen LogP contribution in [0.4, 0.5) is 0 Å². The van der Waals surface area contributed by atoms with Gasteiger partial charge in [-0.3, -0.25) is 9.47 Å². The zero-order valence-electron chi connectivity index (χ0n) is 17.9. The Kier molecular flexibility index (Phi) is 6.77. The molecule has 0 aliphatic carbocycles. The van der Waals surface area contributed by atoms with Crippen molar-refractivity contribution in [2.24, 2.45) is 5.92 Å². The van der Waals surface area contributed by atoms with Gasteiger partial charge in [0.25, 0.3) is 0 Å². The van der Waals surface area contributed by atoms with Crippen molar-refractivity contribution in [1.82, 2.24) is 24.1 Å². The number of nitrogens with zero attached hydrogens (tertiary/aromatic N) is 5. The summed E-state index contributed by atoms with van der Waals surface area (Å²) in [5.74, 6) is 1.70. The fourth-order valence-corrected chi connectivity index (χ4v) is 4.40. The summed E-state index contributed by atoms with van der Waals surface area (Å²) in [5.41, 5.74) is 2.31. The normalized spacial score (nSPS) is 15.7. The summed E-state index contributed by atoms with van der Waals surface area (Å²) in [6.45, 7) is 10.8. The Labute approximate surface area is 184 Å². The van der Waals surface area contributed by atoms with Gasteiger partial charge in [-0.15, -0.1) is 0 Å². The number of para-hydroxylation sites is 1. The topological polar surface area (TPSA) is 29.2 Å². The number of hydrogen-bond donors (Lipinski definition) is 0. The van der Waals surface area contributed by atoms with Crippen molar-refractivity contribution in [3.05, 3.63) is 76.8 Å². The monoisotopic (exact) mass is 421 g/mol. The molecular weight excluding hydrogens is 390 g/mol. The molecule has 0 spiro atoms. The molecule has 6 heteroatoms. The second-order valence-electron chi connectivity index (χ2n) is 8.49. The first kappa shape index (κ1) is 21.0. The molecule has 0 radical (unpaired) electrons. The molecule has 30 heavy (non-hydrogen) atoms. The van der Waals surface area contributed by atoms with Crippen LogP contribution in [0, 0.1) is 10.7 Å². The summed E-state index contributed by atoms with van der Waals surface area (Å²) in [6, 6.07) is 20.8. The van der Waals surface area contributed by atoms with E-state index >= 15 is 0 Å². The van der Waals surface area contributed by atoms with Crippen molar-refractivity contribution < 1.29 is 0 Å². The van der Waals surface area contributed by atoms with Crippen molar-refractivity contribution in [1.29, 1.82) is 0 Å². The molecule has 2 heterocycles. The molecular formula is C24H31N5S. The van der Waals surface area contributed by atoms with Gasteiger partial charge in [0.15, 0.2) is 0 Å². The van der Waals surface area contributed by atoms with E-state index < -0.39 is 0 Å². The minimum atomic E-state index is 0.715. The van der Waals surface area contributed by atoms with E-state index in [0.717, 1.165) is 55.6 Å². The molecule has 0 unspecified atom stereocenters. The fraction of sp³-hybridized carbons (Fsp3) is 0.417. The van der Waals surface area contributed by atoms with Crippen LogP contribution in [-0.2, 0) is 13.1 Å². The molecule has 1 fully saturated rings. The Balaban J connectivity index is 1.56. The van der Waals surface area contributed by atoms with Crippen LogP contribution in [0.3, 0.4) is 0 Å². The summed E-state index contributed by atoms with van der Waals surface area (Å²) in [4.78, 5) is 5.02. The van der Waals surface area contributed by atoms with Crippen LogP contribution in [-0.4, -0.2) is 56.9 Å². The van der Waals surface area contributed by atoms with E-state index in [0.29, 0.717) is 5.92 Å². The third-order valence-corrected chi connectivity index (χ3v) is 5.94. The van der Waals surface area contributed by atoms with Crippen molar-refractivity contribution >= 4 is 12.2 Å². The van der Waals surface area contributed by atoms with Gasteiger partial charge in [0.05, 0.1) is 6.67 Å². The average molecular weight is 422 g/mol. The van der Waals surface area contributed by atoms with Crippen molar-refractivity contribution in [3.8, 4) is 5.69 Å². The van der Waals surface area contributed by atoms with Crippen LogP contribution in [0.1, 0.15) is 25.2 Å². The number of hydrogen-bond acceptors (Lipinski definition) is 4. The summed E-state index contributed by atoms with van der Waals surface area (Å²) in [7, 11) is 0. The molecule has 1 saturated heterocycles. The smallest absolute Gasteiger partial charge is 0.203 e. The zero-order valence-corrected chi connectivity index (χ0v) is 18.8. The predicted octanol–water partition coefficient (Wildman–Crippen LogP) is 4.23. The maximum Gasteiger partial charge on any atom is 0.203 e. The number of rotatable bonds is 7. The number of piperazine rings is 1. The Morgan fingerprint density at radius 1 is 0.867 bits per heavy atom. The highest BCUT2D eigenvalue weighted by Gasteiger charge is 2.20. The van der Waals surface area contributed by atoms with Crippen LogP contribution in [0.15, 0.2) is 60.7 Å². The number of aromatic nitrogens is 3. The van der Waals surface area contributed by atoms with Gasteiger partial charge in [-0.2, -0.15) is 5.10 Å². The minimum absolute atomic E-state index is 0.715. The second-order valence-corrected chi connectivity index (χ2v) is 8.85. The molecule has 158 valence electrons. The van der Waals surface area contributed by atoms with E-state index in [2.05, 4.69) is 76.7 Å². The molecule has 2 aromatic carbocycles. The quantitative estimate of drug-likeness (QED) is 0.534. The molecule has 5 nitrogen and oxygen atoms in total. The second kappa shape index (κ2) is 9.69. The third-order valence-electron chi connectivity index (χ3n) is 5.55. The molecule has 0 bridgehead atoms. The SMILES string of the molecule is CC(C)CN1CCN(Cn2nc(Cc3ccccc3)n(-c3ccccc3)c2=S)CC1. The van der Waals surface area contributed by atoms with Gasteiger partial charge in [0.2, 0.25) is 4.77 Å². The van der Waals surface area contributed by atoms with Gasteiger partial charge >= 0.3 is 0 Å². The largest absolute Gasteiger partial charge is 0.301 e. The Morgan fingerprint density at radius 3 is 2.10 bits per heavy atom. The van der Waals surface area contributed by atoms with Gasteiger partial charge in [-0.25, -0.2) is 4.68 Å². The van der Waals surface area contributed by atoms with E-state index in [1.165, 1.54) is 12.1 Å². The molecule has 1 aliphatic heterocycles. The number of benzene rings is 2. The van der Waals surface area contributed by atoms with Crippen LogP contribution in [0.5, 0.6) is 0 Å². The van der Waals surface area contributed by atoms with Crippen LogP contribution in [0.25, 0.3) is 5.69 Å². The van der Waals surface area contributed by atoms with Crippen LogP contribution < -0.4 is 0 Å². The zero-order chi connectivity index (χ0) is 20.9. The molecule has 0 saturated carbocycles. The van der Waals surface area contributed by atoms with Gasteiger partial charge in [-0.05, 0) is 35.8 Å². The van der Waals surface area contributed by atoms with Gasteiger partial charge in [-0.1, -0.05) is 62.4 Å². The van der Waals surface area contributed by atoms with Crippen molar-refractivity contribution in [2.45, 2.75) is 26.9 Å². The lowest BCUT2D eigenvalue weighted by atomic mass is 10.1. The third kappa shape index (κ3) is 5.06. The van der Waals surface area contributed by atoms with Crippen molar-refractivity contribution in [2.75, 3.05) is 32.7 Å². The first-order valence-corrected chi connectivity index (χ1v) is 11.2. The highest BCUT2D eigenvalue weighted by Crippen LogP contribution is 2.17. The molecule has 0 atom stereocenters. The maximum absolute atomic E-state index is 5.89.